The summed E-state index contributed by atoms with van der Waals surface area (Å²) in [5.41, 5.74) is 0. The summed E-state index contributed by atoms with van der Waals surface area (Å²) in [5, 5.41) is 7.68. The largest absolute Gasteiger partial charge is 0.160 e. The highest BCUT2D eigenvalue weighted by molar-refractivity contribution is 7.06. The summed E-state index contributed by atoms with van der Waals surface area (Å²) in [5.74, 6) is 0. The van der Waals surface area contributed by atoms with Gasteiger partial charge in [-0.3, -0.25) is 0 Å². The van der Waals surface area contributed by atoms with Gasteiger partial charge in [0.05, 0.1) is 0 Å². The molecule has 1 aromatic rings. The van der Waals surface area contributed by atoms with Crippen molar-refractivity contribution in [1.82, 2.24) is 14.8 Å². The van der Waals surface area contributed by atoms with Crippen LogP contribution in [0.15, 0.2) is 6.58 Å². The standard InChI is InChI=1S/C3H3N3S/c1-2-3-4-5-6-7-3/h2H,1H2. The Morgan fingerprint density at radius 1 is 1.71 bits per heavy atom. The number of nitrogens with zero attached hydrogens (tertiary/aromatic N) is 3. The molecule has 0 aliphatic heterocycles. The van der Waals surface area contributed by atoms with Gasteiger partial charge in [-0.2, -0.15) is 0 Å². The minimum Gasteiger partial charge on any atom is -0.117 e. The average molecular weight is 113 g/mol. The van der Waals surface area contributed by atoms with Crippen molar-refractivity contribution in [3.05, 3.63) is 11.6 Å². The third-order valence-electron chi connectivity index (χ3n) is 0.489. The fourth-order valence-corrected chi connectivity index (χ4v) is 0.523. The van der Waals surface area contributed by atoms with E-state index in [0.29, 0.717) is 0 Å². The monoisotopic (exact) mass is 113 g/mol. The maximum atomic E-state index is 3.57. The first kappa shape index (κ1) is 4.39. The molecule has 0 saturated heterocycles. The van der Waals surface area contributed by atoms with Gasteiger partial charge in [-0.05, 0) is 11.3 Å². The molecule has 7 heavy (non-hydrogen) atoms. The summed E-state index contributed by atoms with van der Waals surface area (Å²) in [4.78, 5) is 0. The molecular formula is C3H3N3S. The normalized spacial score (nSPS) is 8.57. The second-order valence-electron chi connectivity index (χ2n) is 0.905. The van der Waals surface area contributed by atoms with Gasteiger partial charge in [0.1, 0.15) is 0 Å². The van der Waals surface area contributed by atoms with Gasteiger partial charge in [0, 0.05) is 11.5 Å². The topological polar surface area (TPSA) is 38.7 Å². The van der Waals surface area contributed by atoms with Crippen molar-refractivity contribution in [1.29, 1.82) is 0 Å². The van der Waals surface area contributed by atoms with Gasteiger partial charge >= 0.3 is 0 Å². The molecule has 0 amide bonds. The summed E-state index contributed by atoms with van der Waals surface area (Å²) >= 11 is 1.23. The molecule has 0 aliphatic rings. The molecule has 0 saturated carbocycles. The molecule has 1 rings (SSSR count). The molecule has 0 aromatic carbocycles. The van der Waals surface area contributed by atoms with Crippen molar-refractivity contribution in [3.8, 4) is 0 Å². The summed E-state index contributed by atoms with van der Waals surface area (Å²) in [6, 6.07) is 0. The van der Waals surface area contributed by atoms with Crippen LogP contribution < -0.4 is 0 Å². The number of rotatable bonds is 1. The van der Waals surface area contributed by atoms with Crippen molar-refractivity contribution >= 4 is 17.6 Å². The van der Waals surface area contributed by atoms with Gasteiger partial charge in [-0.1, -0.05) is 11.1 Å². The average Bonchev–Trinajstić information content (AvgIpc) is 2.14. The van der Waals surface area contributed by atoms with Crippen LogP contribution in [0.4, 0.5) is 0 Å². The molecular weight excluding hydrogens is 110 g/mol. The summed E-state index contributed by atoms with van der Waals surface area (Å²) in [6.45, 7) is 3.47. The zero-order chi connectivity index (χ0) is 5.11. The zero-order valence-electron chi connectivity index (χ0n) is 3.53. The molecule has 0 N–H and O–H groups in total. The first-order chi connectivity index (χ1) is 3.43. The minimum absolute atomic E-state index is 0.764. The van der Waals surface area contributed by atoms with Gasteiger partial charge in [0.25, 0.3) is 0 Å². The molecule has 0 radical (unpaired) electrons. The van der Waals surface area contributed by atoms with E-state index in [2.05, 4.69) is 21.4 Å². The van der Waals surface area contributed by atoms with E-state index in [1.165, 1.54) is 11.5 Å². The maximum absolute atomic E-state index is 3.57. The Balaban J connectivity index is 2.96. The van der Waals surface area contributed by atoms with Crippen LogP contribution in [-0.2, 0) is 0 Å². The Morgan fingerprint density at radius 3 is 2.86 bits per heavy atom. The Hall–Kier alpha value is -0.770. The lowest BCUT2D eigenvalue weighted by molar-refractivity contribution is 0.953. The second kappa shape index (κ2) is 1.79. The molecule has 0 fully saturated rings. The van der Waals surface area contributed by atoms with E-state index in [9.17, 15) is 0 Å². The predicted molar refractivity (Wildman–Crippen MR) is 27.8 cm³/mol. The van der Waals surface area contributed by atoms with Crippen molar-refractivity contribution in [2.24, 2.45) is 0 Å². The molecule has 3 nitrogen and oxygen atoms in total. The third-order valence-corrected chi connectivity index (χ3v) is 1.08. The number of aromatic nitrogens is 3. The summed E-state index contributed by atoms with van der Waals surface area (Å²) in [6.07, 6.45) is 1.62. The molecule has 0 bridgehead atoms. The Bertz CT molecular complexity index is 145. The molecule has 0 atom stereocenters. The first-order valence-electron chi connectivity index (χ1n) is 1.71. The minimum atomic E-state index is 0.764. The number of hydrogen-bond acceptors (Lipinski definition) is 4. The molecule has 0 spiro atoms. The molecule has 36 valence electrons. The van der Waals surface area contributed by atoms with Crippen LogP contribution in [0, 0.1) is 0 Å². The molecule has 4 heteroatoms. The van der Waals surface area contributed by atoms with Crippen molar-refractivity contribution < 1.29 is 0 Å². The van der Waals surface area contributed by atoms with Gasteiger partial charge in [0.2, 0.25) is 0 Å². The van der Waals surface area contributed by atoms with E-state index in [1.54, 1.807) is 6.08 Å². The van der Waals surface area contributed by atoms with E-state index in [-0.39, 0.29) is 0 Å². The van der Waals surface area contributed by atoms with Crippen LogP contribution in [0.5, 0.6) is 0 Å². The van der Waals surface area contributed by atoms with E-state index in [0.717, 1.165) is 5.01 Å². The fourth-order valence-electron chi connectivity index (χ4n) is 0.219. The van der Waals surface area contributed by atoms with E-state index < -0.39 is 0 Å². The van der Waals surface area contributed by atoms with Crippen molar-refractivity contribution in [2.75, 3.05) is 0 Å². The highest BCUT2D eigenvalue weighted by Gasteiger charge is 1.84. The van der Waals surface area contributed by atoms with Gasteiger partial charge in [0.15, 0.2) is 5.01 Å². The Labute approximate surface area is 44.8 Å². The van der Waals surface area contributed by atoms with Crippen LogP contribution in [0.1, 0.15) is 5.01 Å². The fraction of sp³-hybridized carbons (Fsp3) is 0. The van der Waals surface area contributed by atoms with Crippen molar-refractivity contribution in [2.45, 2.75) is 0 Å². The zero-order valence-corrected chi connectivity index (χ0v) is 4.35. The highest BCUT2D eigenvalue weighted by Crippen LogP contribution is 1.96. The van der Waals surface area contributed by atoms with Gasteiger partial charge in [-0.15, -0.1) is 5.10 Å². The highest BCUT2D eigenvalue weighted by atomic mass is 32.1. The molecule has 0 aliphatic carbocycles. The summed E-state index contributed by atoms with van der Waals surface area (Å²) in [7, 11) is 0. The number of hydrogen-bond donors (Lipinski definition) is 0. The first-order valence-corrected chi connectivity index (χ1v) is 2.48. The Morgan fingerprint density at radius 2 is 2.57 bits per heavy atom. The maximum Gasteiger partial charge on any atom is 0.160 e. The quantitative estimate of drug-likeness (QED) is 0.534. The predicted octanol–water partition coefficient (Wildman–Crippen LogP) is 0.576. The van der Waals surface area contributed by atoms with E-state index in [1.807, 2.05) is 0 Å². The van der Waals surface area contributed by atoms with Crippen LogP contribution in [-0.4, -0.2) is 14.8 Å². The van der Waals surface area contributed by atoms with Crippen LogP contribution in [0.25, 0.3) is 6.08 Å². The van der Waals surface area contributed by atoms with Gasteiger partial charge in [-0.25, -0.2) is 0 Å². The molecule has 0 unspecified atom stereocenters. The van der Waals surface area contributed by atoms with Crippen LogP contribution in [0.3, 0.4) is 0 Å². The lowest BCUT2D eigenvalue weighted by Gasteiger charge is -1.64. The van der Waals surface area contributed by atoms with Crippen molar-refractivity contribution in [3.63, 3.8) is 0 Å². The second-order valence-corrected chi connectivity index (χ2v) is 1.67. The smallest absolute Gasteiger partial charge is 0.117 e. The lowest BCUT2D eigenvalue weighted by atomic mass is 10.7. The van der Waals surface area contributed by atoms with E-state index >= 15 is 0 Å². The van der Waals surface area contributed by atoms with E-state index in [4.69, 9.17) is 0 Å². The summed E-state index contributed by atoms with van der Waals surface area (Å²) < 4.78 is 3.50. The van der Waals surface area contributed by atoms with Crippen LogP contribution in [0.2, 0.25) is 0 Å². The molecule has 1 aromatic heterocycles. The van der Waals surface area contributed by atoms with Gasteiger partial charge < -0.3 is 0 Å². The lowest BCUT2D eigenvalue weighted by Crippen LogP contribution is -1.67. The molecule has 1 heterocycles. The Kier molecular flexibility index (Phi) is 1.12. The van der Waals surface area contributed by atoms with Crippen LogP contribution >= 0.6 is 11.5 Å². The third kappa shape index (κ3) is 0.806. The SMILES string of the molecule is C=Cc1nnns1.